The normalized spacial score (nSPS) is 11.5. The van der Waals surface area contributed by atoms with E-state index in [1.54, 1.807) is 0 Å². The molecule has 3 N–H and O–H groups in total. The van der Waals surface area contributed by atoms with E-state index < -0.39 is 8.07 Å². The third-order valence-electron chi connectivity index (χ3n) is 10.6. The number of nitrogens with two attached hydrogens (primary N) is 1. The molecule has 0 saturated carbocycles. The van der Waals surface area contributed by atoms with Gasteiger partial charge in [-0.15, -0.1) is 0 Å². The quantitative estimate of drug-likeness (QED) is 0.0719. The number of nitrogen functional groups attached to an aromatic ring is 1. The van der Waals surface area contributed by atoms with E-state index in [2.05, 4.69) is 193 Å². The molecule has 9 aromatic rings. The molecule has 0 bridgehead atoms. The van der Waals surface area contributed by atoms with Gasteiger partial charge in [0.2, 0.25) is 0 Å². The predicted octanol–water partition coefficient (Wildman–Crippen LogP) is 10.0. The van der Waals surface area contributed by atoms with Gasteiger partial charge < -0.3 is 11.1 Å². The van der Waals surface area contributed by atoms with Crippen LogP contribution in [0.25, 0.3) is 43.8 Å². The number of fused-ring (bicyclic) bond motifs is 2. The number of hydrogen-bond donors (Lipinski definition) is 2. The monoisotopic (exact) mass is 694 g/mol. The summed E-state index contributed by atoms with van der Waals surface area (Å²) >= 11 is 0. The number of para-hydroxylation sites is 2. The molecular weight excluding hydrogens is 657 g/mol. The van der Waals surface area contributed by atoms with Crippen LogP contribution >= 0.6 is 0 Å². The van der Waals surface area contributed by atoms with Gasteiger partial charge in [0, 0.05) is 5.69 Å². The number of rotatable bonds is 8. The third kappa shape index (κ3) is 5.68. The molecule has 0 aromatic heterocycles. The maximum Gasteiger partial charge on any atom is 0.179 e. The molecule has 252 valence electrons. The minimum absolute atomic E-state index is 0.727. The van der Waals surface area contributed by atoms with Gasteiger partial charge in [0.25, 0.3) is 0 Å². The van der Waals surface area contributed by atoms with Crippen molar-refractivity contribution in [2.75, 3.05) is 11.1 Å². The molecule has 0 saturated heterocycles. The molecule has 0 aliphatic heterocycles. The van der Waals surface area contributed by atoms with Crippen LogP contribution in [0.3, 0.4) is 0 Å². The van der Waals surface area contributed by atoms with E-state index >= 15 is 0 Å². The average molecular weight is 695 g/mol. The Morgan fingerprint density at radius 3 is 1.08 bits per heavy atom. The summed E-state index contributed by atoms with van der Waals surface area (Å²) in [5.74, 6) is 0. The molecule has 3 heteroatoms. The van der Waals surface area contributed by atoms with Gasteiger partial charge in [-0.3, -0.25) is 0 Å². The van der Waals surface area contributed by atoms with Crippen LogP contribution in [0.15, 0.2) is 212 Å². The molecule has 0 heterocycles. The highest BCUT2D eigenvalue weighted by Crippen LogP contribution is 2.43. The Bertz CT molecular complexity index is 2520. The lowest BCUT2D eigenvalue weighted by molar-refractivity contribution is 1.54. The van der Waals surface area contributed by atoms with Crippen LogP contribution in [0, 0.1) is 0 Å². The molecule has 0 aliphatic rings. The van der Waals surface area contributed by atoms with Crippen molar-refractivity contribution in [3.05, 3.63) is 212 Å². The zero-order valence-electron chi connectivity index (χ0n) is 29.3. The molecule has 0 amide bonds. The summed E-state index contributed by atoms with van der Waals surface area (Å²) in [6.45, 7) is 0. The zero-order valence-corrected chi connectivity index (χ0v) is 30.3. The van der Waals surface area contributed by atoms with Gasteiger partial charge in [-0.1, -0.05) is 188 Å². The van der Waals surface area contributed by atoms with E-state index in [0.29, 0.717) is 0 Å². The summed E-state index contributed by atoms with van der Waals surface area (Å²) in [6, 6.07) is 77.2. The van der Waals surface area contributed by atoms with E-state index in [9.17, 15) is 0 Å². The van der Waals surface area contributed by atoms with Crippen molar-refractivity contribution >= 4 is 67.4 Å². The maximum atomic E-state index is 6.22. The number of hydrogen-bond acceptors (Lipinski definition) is 2. The lowest BCUT2D eigenvalue weighted by atomic mass is 9.86. The highest BCUT2D eigenvalue weighted by atomic mass is 28.3. The summed E-state index contributed by atoms with van der Waals surface area (Å²) in [5.41, 5.74) is 13.7. The molecule has 0 spiro atoms. The van der Waals surface area contributed by atoms with Gasteiger partial charge in [-0.05, 0) is 88.8 Å². The lowest BCUT2D eigenvalue weighted by Crippen LogP contribution is -2.74. The highest BCUT2D eigenvalue weighted by molar-refractivity contribution is 7.19. The van der Waals surface area contributed by atoms with E-state index in [-0.39, 0.29) is 0 Å². The summed E-state index contributed by atoms with van der Waals surface area (Å²) in [6.07, 6.45) is 0. The lowest BCUT2D eigenvalue weighted by Gasteiger charge is -2.34. The van der Waals surface area contributed by atoms with Crippen LogP contribution in [0.5, 0.6) is 0 Å². The van der Waals surface area contributed by atoms with Crippen LogP contribution in [0.2, 0.25) is 0 Å². The van der Waals surface area contributed by atoms with Crippen molar-refractivity contribution in [2.24, 2.45) is 0 Å². The summed E-state index contributed by atoms with van der Waals surface area (Å²) < 4.78 is 0. The highest BCUT2D eigenvalue weighted by Gasteiger charge is 2.41. The second kappa shape index (κ2) is 13.8. The van der Waals surface area contributed by atoms with E-state index in [1.807, 2.05) is 24.3 Å². The molecule has 0 atom stereocenters. The Morgan fingerprint density at radius 2 is 0.660 bits per heavy atom. The summed E-state index contributed by atoms with van der Waals surface area (Å²) in [4.78, 5) is 0. The fourth-order valence-corrected chi connectivity index (χ4v) is 12.9. The second-order valence-corrected chi connectivity index (χ2v) is 17.4. The predicted molar refractivity (Wildman–Crippen MR) is 230 cm³/mol. The van der Waals surface area contributed by atoms with Crippen LogP contribution < -0.4 is 31.8 Å². The molecular formula is C50H38N2Si. The first-order chi connectivity index (χ1) is 26.2. The third-order valence-corrected chi connectivity index (χ3v) is 15.4. The minimum Gasteiger partial charge on any atom is -0.397 e. The number of anilines is 3. The fourth-order valence-electron chi connectivity index (χ4n) is 8.19. The summed E-state index contributed by atoms with van der Waals surface area (Å²) in [7, 11) is -2.63. The summed E-state index contributed by atoms with van der Waals surface area (Å²) in [5, 5.41) is 13.9. The molecule has 0 unspecified atom stereocenters. The molecule has 53 heavy (non-hydrogen) atoms. The molecule has 9 rings (SSSR count). The molecule has 0 radical (unpaired) electrons. The van der Waals surface area contributed by atoms with Crippen molar-refractivity contribution in [1.82, 2.24) is 0 Å². The van der Waals surface area contributed by atoms with E-state index in [1.165, 1.54) is 64.5 Å². The minimum atomic E-state index is -2.63. The zero-order chi connectivity index (χ0) is 35.6. The van der Waals surface area contributed by atoms with Crippen LogP contribution in [0.4, 0.5) is 17.1 Å². The SMILES string of the molecule is Nc1ccccc1Nc1ccc(-c2c3ccccc3c(-c3ccc([Si](c4ccccc4)(c4ccccc4)c4ccccc4)cc3)c3ccccc23)cc1. The van der Waals surface area contributed by atoms with Crippen molar-refractivity contribution in [3.63, 3.8) is 0 Å². The Balaban J connectivity index is 1.21. The van der Waals surface area contributed by atoms with E-state index in [4.69, 9.17) is 5.73 Å². The number of nitrogens with one attached hydrogen (secondary N) is 1. The maximum absolute atomic E-state index is 6.22. The largest absolute Gasteiger partial charge is 0.397 e. The smallest absolute Gasteiger partial charge is 0.179 e. The van der Waals surface area contributed by atoms with Gasteiger partial charge in [0.05, 0.1) is 11.4 Å². The van der Waals surface area contributed by atoms with Gasteiger partial charge in [-0.25, -0.2) is 0 Å². The van der Waals surface area contributed by atoms with Gasteiger partial charge in [-0.2, -0.15) is 0 Å². The van der Waals surface area contributed by atoms with Crippen LogP contribution in [0.1, 0.15) is 0 Å². The molecule has 9 aromatic carbocycles. The van der Waals surface area contributed by atoms with Gasteiger partial charge in [0.1, 0.15) is 0 Å². The Labute approximate surface area is 311 Å². The first kappa shape index (κ1) is 32.2. The van der Waals surface area contributed by atoms with Crippen LogP contribution in [-0.4, -0.2) is 8.07 Å². The topological polar surface area (TPSA) is 38.0 Å². The second-order valence-electron chi connectivity index (χ2n) is 13.6. The molecule has 0 fully saturated rings. The van der Waals surface area contributed by atoms with Crippen molar-refractivity contribution in [2.45, 2.75) is 0 Å². The Hall–Kier alpha value is -6.68. The van der Waals surface area contributed by atoms with Gasteiger partial charge >= 0.3 is 0 Å². The number of benzene rings is 9. The first-order valence-electron chi connectivity index (χ1n) is 18.1. The fraction of sp³-hybridized carbons (Fsp3) is 0. The van der Waals surface area contributed by atoms with Crippen LogP contribution in [-0.2, 0) is 0 Å². The standard InChI is InChI=1S/C50H38N2Si/c51-47-26-14-15-27-48(47)52-38-32-28-36(29-33-38)49-43-22-10-12-24-45(43)50(46-25-13-11-23-44(46)49)37-30-34-42(35-31-37)53(39-16-4-1-5-17-39,40-18-6-2-7-19-40)41-20-8-3-9-21-41/h1-35,52H,51H2. The molecule has 0 aliphatic carbocycles. The first-order valence-corrected chi connectivity index (χ1v) is 20.1. The van der Waals surface area contributed by atoms with Crippen molar-refractivity contribution in [3.8, 4) is 22.3 Å². The van der Waals surface area contributed by atoms with Gasteiger partial charge in [0.15, 0.2) is 8.07 Å². The van der Waals surface area contributed by atoms with Crippen molar-refractivity contribution < 1.29 is 0 Å². The Kier molecular flexibility index (Phi) is 8.39. The van der Waals surface area contributed by atoms with Crippen molar-refractivity contribution in [1.29, 1.82) is 0 Å². The Morgan fingerprint density at radius 1 is 0.321 bits per heavy atom. The van der Waals surface area contributed by atoms with E-state index in [0.717, 1.165) is 17.1 Å². The molecule has 2 nitrogen and oxygen atoms in total. The average Bonchev–Trinajstić information content (AvgIpc) is 3.23.